The van der Waals surface area contributed by atoms with Gasteiger partial charge in [0.15, 0.2) is 11.9 Å². The minimum atomic E-state index is -0.954. The van der Waals surface area contributed by atoms with E-state index in [2.05, 4.69) is 21.2 Å². The molecule has 2 aromatic carbocycles. The minimum Gasteiger partial charge on any atom is -0.449 e. The number of Topliss-reactive ketones (excluding diaryl/α,β-unsaturated/α-hetero) is 1. The zero-order chi connectivity index (χ0) is 19.1. The maximum Gasteiger partial charge on any atom is 0.331 e. The number of ketones is 1. The number of halogens is 1. The number of ether oxygens (including phenoxy) is 1. The summed E-state index contributed by atoms with van der Waals surface area (Å²) >= 11 is 3.34. The van der Waals surface area contributed by atoms with Crippen molar-refractivity contribution in [2.75, 3.05) is 5.32 Å². The first-order valence-electron chi connectivity index (χ1n) is 7.91. The lowest BCUT2D eigenvalue weighted by Gasteiger charge is -2.12. The number of carbonyl (C=O) groups is 3. The number of benzene rings is 2. The molecule has 0 spiro atoms. The average molecular weight is 416 g/mol. The molecule has 2 aromatic rings. The fourth-order valence-corrected chi connectivity index (χ4v) is 2.30. The number of carbonyl (C=O) groups excluding carboxylic acids is 3. The van der Waals surface area contributed by atoms with E-state index < -0.39 is 18.0 Å². The highest BCUT2D eigenvalue weighted by molar-refractivity contribution is 9.10. The number of rotatable bonds is 6. The summed E-state index contributed by atoms with van der Waals surface area (Å²) in [5.74, 6) is -1.11. The first-order chi connectivity index (χ1) is 12.3. The van der Waals surface area contributed by atoms with Crippen molar-refractivity contribution in [1.82, 2.24) is 0 Å². The number of esters is 1. The molecule has 0 aromatic heterocycles. The standard InChI is InChI=1S/C20H18BrNO4/c1-13(23)16-6-10-18(11-7-16)22-20(25)14(2)26-19(24)12-5-15-3-8-17(21)9-4-15/h3-12,14H,1-2H3,(H,22,25)/b12-5+/t14-/m1/s1. The van der Waals surface area contributed by atoms with Gasteiger partial charge in [0.25, 0.3) is 5.91 Å². The highest BCUT2D eigenvalue weighted by atomic mass is 79.9. The molecule has 0 radical (unpaired) electrons. The minimum absolute atomic E-state index is 0.0530. The van der Waals surface area contributed by atoms with Crippen LogP contribution in [0.4, 0.5) is 5.69 Å². The summed E-state index contributed by atoms with van der Waals surface area (Å²) in [4.78, 5) is 35.2. The van der Waals surface area contributed by atoms with E-state index in [1.165, 1.54) is 19.9 Å². The van der Waals surface area contributed by atoms with Crippen molar-refractivity contribution in [2.24, 2.45) is 0 Å². The van der Waals surface area contributed by atoms with Gasteiger partial charge in [0, 0.05) is 21.8 Å². The van der Waals surface area contributed by atoms with Gasteiger partial charge >= 0.3 is 5.97 Å². The monoisotopic (exact) mass is 415 g/mol. The first kappa shape index (κ1) is 19.6. The van der Waals surface area contributed by atoms with Crippen molar-refractivity contribution < 1.29 is 19.1 Å². The summed E-state index contributed by atoms with van der Waals surface area (Å²) < 4.78 is 6.03. The van der Waals surface area contributed by atoms with Gasteiger partial charge in [-0.1, -0.05) is 28.1 Å². The van der Waals surface area contributed by atoms with Crippen LogP contribution < -0.4 is 5.32 Å². The molecule has 0 unspecified atom stereocenters. The van der Waals surface area contributed by atoms with Crippen LogP contribution in [0, 0.1) is 0 Å². The normalized spacial score (nSPS) is 11.8. The molecule has 1 N–H and O–H groups in total. The molecule has 0 fully saturated rings. The molecule has 1 atom stereocenters. The molecule has 5 nitrogen and oxygen atoms in total. The zero-order valence-corrected chi connectivity index (χ0v) is 15.9. The second-order valence-electron chi connectivity index (χ2n) is 5.59. The molecule has 1 amide bonds. The van der Waals surface area contributed by atoms with E-state index in [1.807, 2.05) is 24.3 Å². The van der Waals surface area contributed by atoms with Gasteiger partial charge in [-0.2, -0.15) is 0 Å². The van der Waals surface area contributed by atoms with Gasteiger partial charge in [0.1, 0.15) is 0 Å². The Morgan fingerprint density at radius 2 is 1.65 bits per heavy atom. The van der Waals surface area contributed by atoms with Crippen molar-refractivity contribution >= 4 is 45.4 Å². The third-order valence-electron chi connectivity index (χ3n) is 3.50. The number of nitrogens with one attached hydrogen (secondary N) is 1. The fourth-order valence-electron chi connectivity index (χ4n) is 2.04. The molecule has 26 heavy (non-hydrogen) atoms. The van der Waals surface area contributed by atoms with E-state index in [4.69, 9.17) is 4.74 Å². The Balaban J connectivity index is 1.88. The van der Waals surface area contributed by atoms with Crippen LogP contribution in [0.1, 0.15) is 29.8 Å². The van der Waals surface area contributed by atoms with Crippen molar-refractivity contribution in [3.8, 4) is 0 Å². The van der Waals surface area contributed by atoms with E-state index in [0.29, 0.717) is 11.3 Å². The van der Waals surface area contributed by atoms with Crippen LogP contribution in [-0.4, -0.2) is 23.8 Å². The molecule has 0 aliphatic carbocycles. The summed E-state index contributed by atoms with van der Waals surface area (Å²) in [5.41, 5.74) is 1.92. The van der Waals surface area contributed by atoms with Gasteiger partial charge in [0.2, 0.25) is 0 Å². The molecule has 2 rings (SSSR count). The van der Waals surface area contributed by atoms with Gasteiger partial charge in [0.05, 0.1) is 0 Å². The zero-order valence-electron chi connectivity index (χ0n) is 14.4. The Bertz CT molecular complexity index is 826. The van der Waals surface area contributed by atoms with Crippen LogP contribution in [-0.2, 0) is 14.3 Å². The molecule has 0 aliphatic heterocycles. The Kier molecular flexibility index (Phi) is 6.86. The predicted octanol–water partition coefficient (Wildman–Crippen LogP) is 4.24. The third kappa shape index (κ3) is 5.97. The Labute approximate surface area is 160 Å². The molecule has 134 valence electrons. The number of anilines is 1. The van der Waals surface area contributed by atoms with E-state index in [-0.39, 0.29) is 5.78 Å². The molecular weight excluding hydrogens is 398 g/mol. The predicted molar refractivity (Wildman–Crippen MR) is 104 cm³/mol. The quantitative estimate of drug-likeness (QED) is 0.435. The summed E-state index contributed by atoms with van der Waals surface area (Å²) in [6, 6.07) is 13.9. The summed E-state index contributed by atoms with van der Waals surface area (Å²) in [6.45, 7) is 2.96. The number of hydrogen-bond donors (Lipinski definition) is 1. The average Bonchev–Trinajstić information content (AvgIpc) is 2.61. The van der Waals surface area contributed by atoms with E-state index in [0.717, 1.165) is 10.0 Å². The van der Waals surface area contributed by atoms with Crippen LogP contribution in [0.5, 0.6) is 0 Å². The molecule has 6 heteroatoms. The Morgan fingerprint density at radius 1 is 1.04 bits per heavy atom. The largest absolute Gasteiger partial charge is 0.449 e. The first-order valence-corrected chi connectivity index (χ1v) is 8.70. The highest BCUT2D eigenvalue weighted by Gasteiger charge is 2.16. The van der Waals surface area contributed by atoms with Gasteiger partial charge in [-0.15, -0.1) is 0 Å². The van der Waals surface area contributed by atoms with Gasteiger partial charge < -0.3 is 10.1 Å². The lowest BCUT2D eigenvalue weighted by Crippen LogP contribution is -2.29. The van der Waals surface area contributed by atoms with Crippen LogP contribution in [0.25, 0.3) is 6.08 Å². The smallest absolute Gasteiger partial charge is 0.331 e. The maximum absolute atomic E-state index is 12.1. The fraction of sp³-hybridized carbons (Fsp3) is 0.150. The van der Waals surface area contributed by atoms with Gasteiger partial charge in [-0.25, -0.2) is 4.79 Å². The third-order valence-corrected chi connectivity index (χ3v) is 4.03. The van der Waals surface area contributed by atoms with Crippen LogP contribution in [0.3, 0.4) is 0 Å². The second kappa shape index (κ2) is 9.10. The van der Waals surface area contributed by atoms with Crippen molar-refractivity contribution in [2.45, 2.75) is 20.0 Å². The number of hydrogen-bond acceptors (Lipinski definition) is 4. The van der Waals surface area contributed by atoms with E-state index >= 15 is 0 Å². The topological polar surface area (TPSA) is 72.5 Å². The molecule has 0 saturated carbocycles. The molecule has 0 bridgehead atoms. The second-order valence-corrected chi connectivity index (χ2v) is 6.50. The lowest BCUT2D eigenvalue weighted by atomic mass is 10.1. The highest BCUT2D eigenvalue weighted by Crippen LogP contribution is 2.12. The SMILES string of the molecule is CC(=O)c1ccc(NC(=O)[C@@H](C)OC(=O)/C=C/c2ccc(Br)cc2)cc1. The molecule has 0 aliphatic rings. The Morgan fingerprint density at radius 3 is 2.23 bits per heavy atom. The van der Waals surface area contributed by atoms with Crippen molar-refractivity contribution in [1.29, 1.82) is 0 Å². The summed E-state index contributed by atoms with van der Waals surface area (Å²) in [7, 11) is 0. The van der Waals surface area contributed by atoms with Crippen molar-refractivity contribution in [3.63, 3.8) is 0 Å². The Hall–Kier alpha value is -2.73. The summed E-state index contributed by atoms with van der Waals surface area (Å²) in [6.07, 6.45) is 1.93. The maximum atomic E-state index is 12.1. The van der Waals surface area contributed by atoms with E-state index in [9.17, 15) is 14.4 Å². The molecule has 0 saturated heterocycles. The van der Waals surface area contributed by atoms with Crippen LogP contribution in [0.15, 0.2) is 59.1 Å². The van der Waals surface area contributed by atoms with E-state index in [1.54, 1.807) is 30.3 Å². The van der Waals surface area contributed by atoms with Gasteiger partial charge in [-0.3, -0.25) is 9.59 Å². The van der Waals surface area contributed by atoms with Gasteiger partial charge in [-0.05, 0) is 61.9 Å². The molecular formula is C20H18BrNO4. The molecule has 0 heterocycles. The lowest BCUT2D eigenvalue weighted by molar-refractivity contribution is -0.148. The van der Waals surface area contributed by atoms with Crippen molar-refractivity contribution in [3.05, 3.63) is 70.2 Å². The van der Waals surface area contributed by atoms with Crippen LogP contribution >= 0.6 is 15.9 Å². The van der Waals surface area contributed by atoms with Crippen LogP contribution in [0.2, 0.25) is 0 Å². The number of amides is 1. The summed E-state index contributed by atoms with van der Waals surface area (Å²) in [5, 5.41) is 2.64.